The summed E-state index contributed by atoms with van der Waals surface area (Å²) in [5.41, 5.74) is 8.54. The average molecular weight is 312 g/mol. The van der Waals surface area contributed by atoms with Gasteiger partial charge in [-0.15, -0.1) is 0 Å². The fourth-order valence-corrected chi connectivity index (χ4v) is 3.27. The highest BCUT2D eigenvalue weighted by Gasteiger charge is 2.29. The SMILES string of the molecule is Nc1ccccc1CCC(=O)N1CCCC1c1cccc(F)c1. The second-order valence-electron chi connectivity index (χ2n) is 6.00. The summed E-state index contributed by atoms with van der Waals surface area (Å²) < 4.78 is 13.4. The lowest BCUT2D eigenvalue weighted by Crippen LogP contribution is -2.30. The lowest BCUT2D eigenvalue weighted by atomic mass is 10.0. The number of aryl methyl sites for hydroxylation is 1. The van der Waals surface area contributed by atoms with Crippen LogP contribution in [0.4, 0.5) is 10.1 Å². The maximum absolute atomic E-state index is 13.4. The fraction of sp³-hybridized carbons (Fsp3) is 0.316. The van der Waals surface area contributed by atoms with Gasteiger partial charge in [-0.25, -0.2) is 4.39 Å². The first kappa shape index (κ1) is 15.5. The van der Waals surface area contributed by atoms with Crippen molar-refractivity contribution in [3.8, 4) is 0 Å². The molecule has 0 spiro atoms. The van der Waals surface area contributed by atoms with E-state index < -0.39 is 0 Å². The molecule has 1 fully saturated rings. The van der Waals surface area contributed by atoms with Gasteiger partial charge in [0.25, 0.3) is 0 Å². The number of amides is 1. The molecule has 2 N–H and O–H groups in total. The molecular weight excluding hydrogens is 291 g/mol. The van der Waals surface area contributed by atoms with Crippen molar-refractivity contribution in [1.29, 1.82) is 0 Å². The largest absolute Gasteiger partial charge is 0.399 e. The summed E-state index contributed by atoms with van der Waals surface area (Å²) in [6.45, 7) is 0.740. The van der Waals surface area contributed by atoms with Crippen molar-refractivity contribution >= 4 is 11.6 Å². The Labute approximate surface area is 135 Å². The molecule has 4 heteroatoms. The third-order valence-corrected chi connectivity index (χ3v) is 4.47. The summed E-state index contributed by atoms with van der Waals surface area (Å²) in [5, 5.41) is 0. The van der Waals surface area contributed by atoms with Crippen molar-refractivity contribution in [2.45, 2.75) is 31.7 Å². The molecule has 0 bridgehead atoms. The van der Waals surface area contributed by atoms with Crippen molar-refractivity contribution in [2.75, 3.05) is 12.3 Å². The first-order valence-electron chi connectivity index (χ1n) is 8.03. The summed E-state index contributed by atoms with van der Waals surface area (Å²) in [6.07, 6.45) is 2.92. The summed E-state index contributed by atoms with van der Waals surface area (Å²) in [5.74, 6) is -0.140. The molecule has 1 amide bonds. The zero-order valence-corrected chi connectivity index (χ0v) is 13.0. The van der Waals surface area contributed by atoms with Gasteiger partial charge < -0.3 is 10.6 Å². The van der Waals surface area contributed by atoms with Gasteiger partial charge in [0.2, 0.25) is 5.91 Å². The van der Waals surface area contributed by atoms with Crippen LogP contribution in [0.5, 0.6) is 0 Å². The van der Waals surface area contributed by atoms with E-state index in [1.54, 1.807) is 6.07 Å². The summed E-state index contributed by atoms with van der Waals surface area (Å²) in [6, 6.07) is 14.2. The molecule has 1 aliphatic heterocycles. The maximum atomic E-state index is 13.4. The van der Waals surface area contributed by atoms with Crippen molar-refractivity contribution < 1.29 is 9.18 Å². The summed E-state index contributed by atoms with van der Waals surface area (Å²) >= 11 is 0. The molecule has 1 unspecified atom stereocenters. The number of halogens is 1. The lowest BCUT2D eigenvalue weighted by molar-refractivity contribution is -0.132. The molecule has 2 aromatic carbocycles. The van der Waals surface area contributed by atoms with E-state index in [-0.39, 0.29) is 17.8 Å². The number of para-hydroxylation sites is 1. The van der Waals surface area contributed by atoms with Crippen LogP contribution in [0, 0.1) is 5.82 Å². The van der Waals surface area contributed by atoms with Crippen molar-refractivity contribution in [3.05, 3.63) is 65.5 Å². The highest BCUT2D eigenvalue weighted by atomic mass is 19.1. The van der Waals surface area contributed by atoms with Gasteiger partial charge in [-0.1, -0.05) is 30.3 Å². The number of nitrogens with zero attached hydrogens (tertiary/aromatic N) is 1. The number of nitrogen functional groups attached to an aromatic ring is 1. The minimum absolute atomic E-state index is 0.00804. The molecule has 2 aromatic rings. The van der Waals surface area contributed by atoms with Crippen molar-refractivity contribution in [1.82, 2.24) is 4.90 Å². The minimum Gasteiger partial charge on any atom is -0.399 e. The predicted octanol–water partition coefficient (Wildman–Crippen LogP) is 3.70. The molecule has 0 radical (unpaired) electrons. The number of hydrogen-bond acceptors (Lipinski definition) is 2. The second-order valence-corrected chi connectivity index (χ2v) is 6.00. The van der Waals surface area contributed by atoms with Crippen LogP contribution in [-0.2, 0) is 11.2 Å². The van der Waals surface area contributed by atoms with E-state index in [1.807, 2.05) is 35.2 Å². The number of benzene rings is 2. The van der Waals surface area contributed by atoms with Crippen LogP contribution in [0.15, 0.2) is 48.5 Å². The van der Waals surface area contributed by atoms with Crippen LogP contribution in [0.3, 0.4) is 0 Å². The zero-order chi connectivity index (χ0) is 16.2. The van der Waals surface area contributed by atoms with Crippen LogP contribution in [0.1, 0.15) is 36.4 Å². The standard InChI is InChI=1S/C19H21FN2O/c20-16-7-3-6-15(13-16)18-9-4-12-22(18)19(23)11-10-14-5-1-2-8-17(14)21/h1-3,5-8,13,18H,4,9-12,21H2. The van der Waals surface area contributed by atoms with Crippen LogP contribution in [0.2, 0.25) is 0 Å². The van der Waals surface area contributed by atoms with Gasteiger partial charge in [0.1, 0.15) is 5.82 Å². The molecule has 120 valence electrons. The van der Waals surface area contributed by atoms with Gasteiger partial charge in [-0.2, -0.15) is 0 Å². The minimum atomic E-state index is -0.251. The molecule has 0 aromatic heterocycles. The Balaban J connectivity index is 1.68. The van der Waals surface area contributed by atoms with Gasteiger partial charge in [0, 0.05) is 18.7 Å². The quantitative estimate of drug-likeness (QED) is 0.875. The number of carbonyl (C=O) groups is 1. The first-order valence-corrected chi connectivity index (χ1v) is 8.03. The molecular formula is C19H21FN2O. The van der Waals surface area contributed by atoms with Gasteiger partial charge in [-0.3, -0.25) is 4.79 Å². The Morgan fingerprint density at radius 2 is 2.04 bits per heavy atom. The summed E-state index contributed by atoms with van der Waals surface area (Å²) in [7, 11) is 0. The van der Waals surface area contributed by atoms with E-state index in [9.17, 15) is 9.18 Å². The van der Waals surface area contributed by atoms with E-state index in [2.05, 4.69) is 0 Å². The number of anilines is 1. The summed E-state index contributed by atoms with van der Waals surface area (Å²) in [4.78, 5) is 14.5. The molecule has 1 atom stereocenters. The van der Waals surface area contributed by atoms with Gasteiger partial charge >= 0.3 is 0 Å². The van der Waals surface area contributed by atoms with E-state index in [0.717, 1.165) is 36.2 Å². The van der Waals surface area contributed by atoms with Crippen LogP contribution >= 0.6 is 0 Å². The van der Waals surface area contributed by atoms with Crippen LogP contribution in [-0.4, -0.2) is 17.4 Å². The Morgan fingerprint density at radius 3 is 2.83 bits per heavy atom. The average Bonchev–Trinajstić information content (AvgIpc) is 3.03. The Hall–Kier alpha value is -2.36. The smallest absolute Gasteiger partial charge is 0.223 e. The predicted molar refractivity (Wildman–Crippen MR) is 89.3 cm³/mol. The number of carbonyl (C=O) groups excluding carboxylic acids is 1. The number of rotatable bonds is 4. The van der Waals surface area contributed by atoms with Crippen LogP contribution < -0.4 is 5.73 Å². The number of likely N-dealkylation sites (tertiary alicyclic amines) is 1. The normalized spacial score (nSPS) is 17.4. The Morgan fingerprint density at radius 1 is 1.22 bits per heavy atom. The molecule has 1 saturated heterocycles. The lowest BCUT2D eigenvalue weighted by Gasteiger charge is -2.25. The molecule has 3 rings (SSSR count). The van der Waals surface area contributed by atoms with E-state index >= 15 is 0 Å². The van der Waals surface area contributed by atoms with Crippen molar-refractivity contribution in [2.24, 2.45) is 0 Å². The molecule has 0 aliphatic carbocycles. The Bertz CT molecular complexity index is 701. The monoisotopic (exact) mass is 312 g/mol. The van der Waals surface area contributed by atoms with E-state index in [4.69, 9.17) is 5.73 Å². The second kappa shape index (κ2) is 6.82. The van der Waals surface area contributed by atoms with E-state index in [0.29, 0.717) is 12.8 Å². The molecule has 3 nitrogen and oxygen atoms in total. The topological polar surface area (TPSA) is 46.3 Å². The zero-order valence-electron chi connectivity index (χ0n) is 13.0. The van der Waals surface area contributed by atoms with Gasteiger partial charge in [-0.05, 0) is 48.6 Å². The number of nitrogens with two attached hydrogens (primary N) is 1. The van der Waals surface area contributed by atoms with Crippen LogP contribution in [0.25, 0.3) is 0 Å². The third kappa shape index (κ3) is 3.52. The maximum Gasteiger partial charge on any atom is 0.223 e. The highest BCUT2D eigenvalue weighted by molar-refractivity contribution is 5.77. The van der Waals surface area contributed by atoms with Gasteiger partial charge in [0.05, 0.1) is 6.04 Å². The van der Waals surface area contributed by atoms with Gasteiger partial charge in [0.15, 0.2) is 0 Å². The van der Waals surface area contributed by atoms with Crippen molar-refractivity contribution in [3.63, 3.8) is 0 Å². The third-order valence-electron chi connectivity index (χ3n) is 4.47. The fourth-order valence-electron chi connectivity index (χ4n) is 3.27. The van der Waals surface area contributed by atoms with E-state index in [1.165, 1.54) is 12.1 Å². The first-order chi connectivity index (χ1) is 11.1. The molecule has 1 aliphatic rings. The molecule has 1 heterocycles. The molecule has 23 heavy (non-hydrogen) atoms. The highest BCUT2D eigenvalue weighted by Crippen LogP contribution is 2.32. The number of hydrogen-bond donors (Lipinski definition) is 1. The Kier molecular flexibility index (Phi) is 4.60. The molecule has 0 saturated carbocycles.